The van der Waals surface area contributed by atoms with Crippen LogP contribution in [0.3, 0.4) is 0 Å². The van der Waals surface area contributed by atoms with Crippen molar-refractivity contribution in [1.29, 1.82) is 0 Å². The van der Waals surface area contributed by atoms with Crippen molar-refractivity contribution in [2.24, 2.45) is 0 Å². The average molecular weight is 569 g/mol. The zero-order valence-corrected chi connectivity index (χ0v) is 24.0. The predicted molar refractivity (Wildman–Crippen MR) is 180 cm³/mol. The number of nitrogens with zero attached hydrogens (tertiary/aromatic N) is 6. The van der Waals surface area contributed by atoms with E-state index in [0.29, 0.717) is 0 Å². The quantitative estimate of drug-likeness (QED) is 0.174. The molecule has 0 unspecified atom stereocenters. The Bertz CT molecular complexity index is 1770. The monoisotopic (exact) mass is 568 g/mol. The van der Waals surface area contributed by atoms with Crippen LogP contribution in [0, 0.1) is 0 Å². The molecule has 44 heavy (non-hydrogen) atoms. The summed E-state index contributed by atoms with van der Waals surface area (Å²) in [5, 5.41) is 0. The molecule has 0 aliphatic rings. The van der Waals surface area contributed by atoms with Crippen LogP contribution in [-0.2, 0) is 0 Å². The third-order valence-electron chi connectivity index (χ3n) is 6.91. The van der Waals surface area contributed by atoms with Crippen LogP contribution in [-0.4, -0.2) is 29.9 Å². The average Bonchev–Trinajstić information content (AvgIpc) is 3.11. The predicted octanol–water partition coefficient (Wildman–Crippen LogP) is 8.68. The zero-order valence-electron chi connectivity index (χ0n) is 24.0. The fourth-order valence-corrected chi connectivity index (χ4v) is 4.36. The van der Waals surface area contributed by atoms with Gasteiger partial charge in [-0.15, -0.1) is 0 Å². The molecular weight excluding hydrogens is 540 g/mol. The number of rotatable bonds is 9. The van der Waals surface area contributed by atoms with Crippen LogP contribution in [0.2, 0.25) is 0 Å². The maximum absolute atomic E-state index is 4.61. The van der Waals surface area contributed by atoms with E-state index >= 15 is 0 Å². The second-order valence-electron chi connectivity index (χ2n) is 9.94. The van der Waals surface area contributed by atoms with E-state index in [1.807, 2.05) is 122 Å². The minimum atomic E-state index is 0.813. The lowest BCUT2D eigenvalue weighted by Gasteiger charge is -2.03. The second kappa shape index (κ2) is 13.2. The fraction of sp³-hybridized carbons (Fsp3) is 0. The molecule has 0 fully saturated rings. The number of pyridine rings is 6. The number of aromatic nitrogens is 6. The van der Waals surface area contributed by atoms with Gasteiger partial charge in [-0.2, -0.15) is 0 Å². The highest BCUT2D eigenvalue weighted by Gasteiger charge is 2.03. The molecule has 210 valence electrons. The van der Waals surface area contributed by atoms with Crippen molar-refractivity contribution in [2.75, 3.05) is 0 Å². The summed E-state index contributed by atoms with van der Waals surface area (Å²) < 4.78 is 0. The molecule has 6 heteroatoms. The first-order valence-electron chi connectivity index (χ1n) is 14.1. The summed E-state index contributed by atoms with van der Waals surface area (Å²) in [5.41, 5.74) is 10.9. The lowest BCUT2D eigenvalue weighted by atomic mass is 10.1. The van der Waals surface area contributed by atoms with E-state index in [1.54, 1.807) is 24.5 Å². The standard InChI is InChI=1S/C38H28N6/c1-3-27-9-15-33(39-21-27)35-17-11-29(23-41-35)5-7-31-13-19-37(43-25-31)38-20-14-32(26-44-38)8-6-30-12-18-36(42-24-30)34-16-10-28(4-2)22-40-34/h3-26H,1-2H2/b7-5+,8-6+. The normalized spacial score (nSPS) is 11.2. The molecule has 6 nitrogen and oxygen atoms in total. The van der Waals surface area contributed by atoms with Crippen molar-refractivity contribution >= 4 is 36.5 Å². The number of hydrogen-bond acceptors (Lipinski definition) is 6. The second-order valence-corrected chi connectivity index (χ2v) is 9.94. The summed E-state index contributed by atoms with van der Waals surface area (Å²) in [4.78, 5) is 27.2. The van der Waals surface area contributed by atoms with E-state index in [-0.39, 0.29) is 0 Å². The van der Waals surface area contributed by atoms with Crippen LogP contribution in [0.5, 0.6) is 0 Å². The molecule has 0 bridgehead atoms. The third kappa shape index (κ3) is 6.83. The molecule has 0 saturated carbocycles. The van der Waals surface area contributed by atoms with Gasteiger partial charge in [0.1, 0.15) is 0 Å². The first kappa shape index (κ1) is 28.0. The van der Waals surface area contributed by atoms with E-state index < -0.39 is 0 Å². The minimum absolute atomic E-state index is 0.813. The van der Waals surface area contributed by atoms with E-state index in [2.05, 4.69) is 43.1 Å². The van der Waals surface area contributed by atoms with Gasteiger partial charge in [0.05, 0.1) is 34.2 Å². The molecule has 6 rings (SSSR count). The molecule has 0 amide bonds. The van der Waals surface area contributed by atoms with Crippen molar-refractivity contribution in [3.8, 4) is 34.2 Å². The van der Waals surface area contributed by atoms with Crippen molar-refractivity contribution in [3.05, 3.63) is 157 Å². The largest absolute Gasteiger partial charge is 0.254 e. The first-order chi connectivity index (χ1) is 21.7. The van der Waals surface area contributed by atoms with Crippen molar-refractivity contribution in [1.82, 2.24) is 29.9 Å². The Balaban J connectivity index is 1.05. The SMILES string of the molecule is C=Cc1ccc(-c2ccc(/C=C/c3ccc(-c4ccc(/C=C/c5ccc(-c6ccc(C=C)cn6)nc5)cn4)nc3)cn2)nc1. The van der Waals surface area contributed by atoms with Crippen LogP contribution < -0.4 is 0 Å². The number of hydrogen-bond donors (Lipinski definition) is 0. The molecule has 0 aliphatic heterocycles. The first-order valence-corrected chi connectivity index (χ1v) is 14.1. The Hall–Kier alpha value is -6.14. The minimum Gasteiger partial charge on any atom is -0.254 e. The zero-order chi connectivity index (χ0) is 30.1. The fourth-order valence-electron chi connectivity index (χ4n) is 4.36. The summed E-state index contributed by atoms with van der Waals surface area (Å²) in [6.07, 6.45) is 22.5. The van der Waals surface area contributed by atoms with Crippen molar-refractivity contribution < 1.29 is 0 Å². The van der Waals surface area contributed by atoms with Gasteiger partial charge in [0.15, 0.2) is 0 Å². The summed E-state index contributed by atoms with van der Waals surface area (Å²) >= 11 is 0. The highest BCUT2D eigenvalue weighted by Crippen LogP contribution is 2.20. The molecule has 6 aromatic heterocycles. The topological polar surface area (TPSA) is 77.3 Å². The molecular formula is C38H28N6. The Morgan fingerprint density at radius 3 is 0.659 bits per heavy atom. The summed E-state index contributed by atoms with van der Waals surface area (Å²) in [6.45, 7) is 7.52. The molecule has 0 spiro atoms. The maximum atomic E-state index is 4.61. The summed E-state index contributed by atoms with van der Waals surface area (Å²) in [7, 11) is 0. The molecule has 0 aromatic carbocycles. The van der Waals surface area contributed by atoms with E-state index in [4.69, 9.17) is 0 Å². The third-order valence-corrected chi connectivity index (χ3v) is 6.91. The van der Waals surface area contributed by atoms with Gasteiger partial charge in [-0.25, -0.2) is 0 Å². The molecule has 0 N–H and O–H groups in total. The van der Waals surface area contributed by atoms with Gasteiger partial charge in [-0.1, -0.05) is 86.0 Å². The van der Waals surface area contributed by atoms with Gasteiger partial charge in [-0.05, 0) is 69.8 Å². The molecule has 0 atom stereocenters. The van der Waals surface area contributed by atoms with Gasteiger partial charge in [0, 0.05) is 37.2 Å². The van der Waals surface area contributed by atoms with Crippen LogP contribution in [0.15, 0.2) is 123 Å². The van der Waals surface area contributed by atoms with Gasteiger partial charge >= 0.3 is 0 Å². The molecule has 0 saturated heterocycles. The summed E-state index contributed by atoms with van der Waals surface area (Å²) in [5.74, 6) is 0. The van der Waals surface area contributed by atoms with Gasteiger partial charge in [0.2, 0.25) is 0 Å². The van der Waals surface area contributed by atoms with E-state index in [9.17, 15) is 0 Å². The van der Waals surface area contributed by atoms with Crippen LogP contribution >= 0.6 is 0 Å². The van der Waals surface area contributed by atoms with Crippen LogP contribution in [0.4, 0.5) is 0 Å². The van der Waals surface area contributed by atoms with Gasteiger partial charge < -0.3 is 0 Å². The van der Waals surface area contributed by atoms with E-state index in [0.717, 1.165) is 67.5 Å². The lowest BCUT2D eigenvalue weighted by molar-refractivity contribution is 1.24. The lowest BCUT2D eigenvalue weighted by Crippen LogP contribution is -1.89. The Labute approximate surface area is 256 Å². The van der Waals surface area contributed by atoms with Crippen molar-refractivity contribution in [3.63, 3.8) is 0 Å². The summed E-state index contributed by atoms with van der Waals surface area (Å²) in [6, 6.07) is 23.8. The van der Waals surface area contributed by atoms with Crippen LogP contribution in [0.1, 0.15) is 33.4 Å². The highest BCUT2D eigenvalue weighted by molar-refractivity contribution is 5.72. The Kier molecular flexibility index (Phi) is 8.42. The highest BCUT2D eigenvalue weighted by atomic mass is 14.8. The maximum Gasteiger partial charge on any atom is 0.0886 e. The van der Waals surface area contributed by atoms with Crippen molar-refractivity contribution in [2.45, 2.75) is 0 Å². The van der Waals surface area contributed by atoms with Crippen LogP contribution in [0.25, 0.3) is 70.6 Å². The van der Waals surface area contributed by atoms with Gasteiger partial charge in [-0.3, -0.25) is 29.9 Å². The van der Waals surface area contributed by atoms with Gasteiger partial charge in [0.25, 0.3) is 0 Å². The Morgan fingerprint density at radius 1 is 0.295 bits per heavy atom. The molecule has 0 radical (unpaired) electrons. The van der Waals surface area contributed by atoms with E-state index in [1.165, 1.54) is 0 Å². The molecule has 6 aromatic rings. The molecule has 0 aliphatic carbocycles. The molecule has 6 heterocycles. The smallest absolute Gasteiger partial charge is 0.0886 e. The Morgan fingerprint density at radius 2 is 0.500 bits per heavy atom.